The summed E-state index contributed by atoms with van der Waals surface area (Å²) in [6.45, 7) is 0.782. The van der Waals surface area contributed by atoms with Gasteiger partial charge in [0.1, 0.15) is 19.0 Å². The number of fused-ring (bicyclic) bond motifs is 2. The van der Waals surface area contributed by atoms with Crippen molar-refractivity contribution in [3.63, 3.8) is 0 Å². The fourth-order valence-corrected chi connectivity index (χ4v) is 7.35. The first-order chi connectivity index (χ1) is 21.0. The number of hydrogen-bond acceptors (Lipinski definition) is 9. The highest BCUT2D eigenvalue weighted by atomic mass is 35.5. The molecule has 0 bridgehead atoms. The Morgan fingerprint density at radius 1 is 0.953 bits per heavy atom. The van der Waals surface area contributed by atoms with Gasteiger partial charge in [-0.25, -0.2) is 0 Å². The Hall–Kier alpha value is -4.38. The van der Waals surface area contributed by atoms with E-state index in [-0.39, 0.29) is 16.5 Å². The molecule has 7 rings (SSSR count). The van der Waals surface area contributed by atoms with Crippen molar-refractivity contribution in [3.8, 4) is 11.5 Å². The minimum absolute atomic E-state index is 0.0795. The number of nitrogens with zero attached hydrogens (tertiary/aromatic N) is 3. The van der Waals surface area contributed by atoms with Gasteiger partial charge in [-0.1, -0.05) is 89.3 Å². The molecule has 0 unspecified atom stereocenters. The fraction of sp³-hybridized carbons (Fsp3) is 0.125. The second-order valence-electron chi connectivity index (χ2n) is 9.86. The summed E-state index contributed by atoms with van der Waals surface area (Å²) in [5.74, 6) is -0.351. The van der Waals surface area contributed by atoms with Crippen LogP contribution in [0, 0.1) is 0 Å². The number of ketones is 1. The molecule has 5 aromatic rings. The zero-order chi connectivity index (χ0) is 29.5. The van der Waals surface area contributed by atoms with E-state index >= 15 is 0 Å². The number of carbonyl (C=O) groups excluding carboxylic acids is 2. The first kappa shape index (κ1) is 27.5. The van der Waals surface area contributed by atoms with Gasteiger partial charge in [-0.05, 0) is 52.2 Å². The molecular formula is C32H22ClN3O5S2. The maximum absolute atomic E-state index is 13.6. The van der Waals surface area contributed by atoms with Gasteiger partial charge in [-0.2, -0.15) is 0 Å². The number of aliphatic hydroxyl groups excluding tert-OH is 1. The summed E-state index contributed by atoms with van der Waals surface area (Å²) in [6, 6.07) is 25.1. The number of aliphatic hydroxyl groups is 1. The molecule has 1 N–H and O–H groups in total. The van der Waals surface area contributed by atoms with Crippen molar-refractivity contribution in [2.24, 2.45) is 0 Å². The van der Waals surface area contributed by atoms with Crippen molar-refractivity contribution < 1.29 is 24.2 Å². The van der Waals surface area contributed by atoms with Crippen LogP contribution in [0.3, 0.4) is 0 Å². The molecule has 11 heteroatoms. The number of Topliss-reactive ketones (excluding diaryl/α,β-unsaturated/α-hetero) is 1. The van der Waals surface area contributed by atoms with Crippen LogP contribution in [0.5, 0.6) is 11.5 Å². The van der Waals surface area contributed by atoms with E-state index in [4.69, 9.17) is 21.1 Å². The van der Waals surface area contributed by atoms with Crippen LogP contribution < -0.4 is 14.4 Å². The molecule has 0 saturated carbocycles. The highest BCUT2D eigenvalue weighted by Gasteiger charge is 2.48. The van der Waals surface area contributed by atoms with Crippen LogP contribution in [0.1, 0.15) is 22.7 Å². The molecule has 1 saturated heterocycles. The van der Waals surface area contributed by atoms with E-state index in [2.05, 4.69) is 34.5 Å². The molecule has 0 spiro atoms. The van der Waals surface area contributed by atoms with E-state index < -0.39 is 17.7 Å². The van der Waals surface area contributed by atoms with Crippen LogP contribution in [-0.4, -0.2) is 40.2 Å². The molecular weight excluding hydrogens is 606 g/mol. The molecule has 2 aliphatic heterocycles. The number of amides is 1. The molecule has 1 amide bonds. The third-order valence-corrected chi connectivity index (χ3v) is 9.60. The molecule has 214 valence electrons. The average molecular weight is 628 g/mol. The largest absolute Gasteiger partial charge is 0.507 e. The standard InChI is InChI=1S/C32H22ClN3O5S2/c33-22-9-4-7-19(15-22)27-26(28(37)20-11-12-24-25(16-20)41-14-13-40-24)29(38)30(39)36(27)31-34-35-32(43-31)42-17-21-8-3-6-18-5-1-2-10-23(18)21/h1-12,15-16,27,37H,13-14,17H2/b28-26+/t27-/m0/s1. The summed E-state index contributed by atoms with van der Waals surface area (Å²) in [5, 5.41) is 23.1. The zero-order valence-electron chi connectivity index (χ0n) is 22.4. The highest BCUT2D eigenvalue weighted by Crippen LogP contribution is 2.45. The SMILES string of the molecule is O=C1C(=O)N(c2nnc(SCc3cccc4ccccc34)s2)[C@@H](c2cccc(Cl)c2)/C1=C(\O)c1ccc2c(c1)OCCO2. The number of aromatic nitrogens is 2. The summed E-state index contributed by atoms with van der Waals surface area (Å²) in [5.41, 5.74) is 1.94. The Labute approximate surface area is 259 Å². The maximum Gasteiger partial charge on any atom is 0.301 e. The van der Waals surface area contributed by atoms with Crippen LogP contribution in [-0.2, 0) is 15.3 Å². The third-order valence-electron chi connectivity index (χ3n) is 7.26. The van der Waals surface area contributed by atoms with Gasteiger partial charge in [-0.3, -0.25) is 14.5 Å². The number of anilines is 1. The van der Waals surface area contributed by atoms with Crippen molar-refractivity contribution >= 4 is 68.1 Å². The van der Waals surface area contributed by atoms with Gasteiger partial charge >= 0.3 is 5.91 Å². The van der Waals surface area contributed by atoms with Gasteiger partial charge in [0, 0.05) is 16.3 Å². The van der Waals surface area contributed by atoms with Gasteiger partial charge in [0.2, 0.25) is 5.13 Å². The zero-order valence-corrected chi connectivity index (χ0v) is 24.8. The molecule has 0 aliphatic carbocycles. The maximum atomic E-state index is 13.6. The monoisotopic (exact) mass is 627 g/mol. The molecule has 8 nitrogen and oxygen atoms in total. The van der Waals surface area contributed by atoms with Crippen molar-refractivity contribution in [1.29, 1.82) is 0 Å². The minimum atomic E-state index is -0.976. The van der Waals surface area contributed by atoms with Gasteiger partial charge in [-0.15, -0.1) is 10.2 Å². The lowest BCUT2D eigenvalue weighted by Crippen LogP contribution is -2.29. The van der Waals surface area contributed by atoms with E-state index in [1.54, 1.807) is 42.5 Å². The number of ether oxygens (including phenoxy) is 2. The topological polar surface area (TPSA) is 102 Å². The second-order valence-corrected chi connectivity index (χ2v) is 12.5. The Bertz CT molecular complexity index is 1940. The lowest BCUT2D eigenvalue weighted by Gasteiger charge is -2.23. The Morgan fingerprint density at radius 3 is 2.60 bits per heavy atom. The van der Waals surface area contributed by atoms with E-state index in [0.717, 1.165) is 16.3 Å². The van der Waals surface area contributed by atoms with E-state index in [1.165, 1.54) is 28.0 Å². The molecule has 4 aromatic carbocycles. The fourth-order valence-electron chi connectivity index (χ4n) is 5.28. The molecule has 1 atom stereocenters. The molecule has 2 aliphatic rings. The van der Waals surface area contributed by atoms with Crippen LogP contribution in [0.15, 0.2) is 94.8 Å². The van der Waals surface area contributed by atoms with Crippen LogP contribution in [0.2, 0.25) is 5.02 Å². The van der Waals surface area contributed by atoms with Crippen molar-refractivity contribution in [3.05, 3.63) is 112 Å². The average Bonchev–Trinajstić information content (AvgIpc) is 3.61. The second kappa shape index (κ2) is 11.4. The van der Waals surface area contributed by atoms with Crippen molar-refractivity contribution in [2.45, 2.75) is 16.1 Å². The predicted molar refractivity (Wildman–Crippen MR) is 167 cm³/mol. The minimum Gasteiger partial charge on any atom is -0.507 e. The van der Waals surface area contributed by atoms with Gasteiger partial charge < -0.3 is 14.6 Å². The molecule has 0 radical (unpaired) electrons. The quantitative estimate of drug-likeness (QED) is 0.0704. The van der Waals surface area contributed by atoms with E-state index in [9.17, 15) is 14.7 Å². The summed E-state index contributed by atoms with van der Waals surface area (Å²) in [7, 11) is 0. The molecule has 1 fully saturated rings. The van der Waals surface area contributed by atoms with Crippen LogP contribution >= 0.6 is 34.7 Å². The Morgan fingerprint density at radius 2 is 1.74 bits per heavy atom. The van der Waals surface area contributed by atoms with E-state index in [1.807, 2.05) is 18.2 Å². The normalized spacial score (nSPS) is 17.5. The first-order valence-corrected chi connectivity index (χ1v) is 15.6. The van der Waals surface area contributed by atoms with Crippen molar-refractivity contribution in [2.75, 3.05) is 18.1 Å². The summed E-state index contributed by atoms with van der Waals surface area (Å²) in [6.07, 6.45) is 0. The number of hydrogen-bond donors (Lipinski definition) is 1. The van der Waals surface area contributed by atoms with E-state index in [0.29, 0.717) is 51.0 Å². The van der Waals surface area contributed by atoms with Gasteiger partial charge in [0.15, 0.2) is 15.8 Å². The van der Waals surface area contributed by atoms with Crippen LogP contribution in [0.4, 0.5) is 5.13 Å². The lowest BCUT2D eigenvalue weighted by atomic mass is 9.95. The number of thioether (sulfide) groups is 1. The molecule has 43 heavy (non-hydrogen) atoms. The van der Waals surface area contributed by atoms with Gasteiger partial charge in [0.25, 0.3) is 5.78 Å². The predicted octanol–water partition coefficient (Wildman–Crippen LogP) is 7.03. The Balaban J connectivity index is 1.25. The Kier molecular flexibility index (Phi) is 7.26. The summed E-state index contributed by atoms with van der Waals surface area (Å²) >= 11 is 9.04. The smallest absolute Gasteiger partial charge is 0.301 e. The van der Waals surface area contributed by atoms with Crippen LogP contribution in [0.25, 0.3) is 16.5 Å². The number of rotatable bonds is 6. The summed E-state index contributed by atoms with van der Waals surface area (Å²) < 4.78 is 11.9. The lowest BCUT2D eigenvalue weighted by molar-refractivity contribution is -0.132. The molecule has 3 heterocycles. The number of halogens is 1. The third kappa shape index (κ3) is 5.11. The van der Waals surface area contributed by atoms with Gasteiger partial charge in [0.05, 0.1) is 11.6 Å². The van der Waals surface area contributed by atoms with Crippen molar-refractivity contribution in [1.82, 2.24) is 10.2 Å². The number of carbonyl (C=O) groups is 2. The molecule has 1 aromatic heterocycles. The number of benzene rings is 4. The first-order valence-electron chi connectivity index (χ1n) is 13.4. The highest BCUT2D eigenvalue weighted by molar-refractivity contribution is 8.00. The summed E-state index contributed by atoms with van der Waals surface area (Å²) in [4.78, 5) is 28.4.